The largest absolute Gasteiger partial charge is 0.378 e. The summed E-state index contributed by atoms with van der Waals surface area (Å²) in [7, 11) is 4.08. The van der Waals surface area contributed by atoms with Crippen molar-refractivity contribution in [1.29, 1.82) is 0 Å². The van der Waals surface area contributed by atoms with E-state index in [2.05, 4.69) is 70.9 Å². The van der Waals surface area contributed by atoms with Gasteiger partial charge in [-0.05, 0) is 46.5 Å². The lowest BCUT2D eigenvalue weighted by molar-refractivity contribution is -0.115. The lowest BCUT2D eigenvalue weighted by atomic mass is 9.85. The molecular weight excluding hydrogens is 332 g/mol. The highest BCUT2D eigenvalue weighted by Crippen LogP contribution is 2.48. The second-order valence-corrected chi connectivity index (χ2v) is 7.59. The van der Waals surface area contributed by atoms with Gasteiger partial charge in [-0.2, -0.15) is 0 Å². The van der Waals surface area contributed by atoms with Gasteiger partial charge in [0.25, 0.3) is 0 Å². The van der Waals surface area contributed by atoms with Crippen LogP contribution in [-0.4, -0.2) is 19.9 Å². The molecule has 0 unspecified atom stereocenters. The van der Waals surface area contributed by atoms with E-state index < -0.39 is 0 Å². The Morgan fingerprint density at radius 2 is 1.70 bits per heavy atom. The van der Waals surface area contributed by atoms with Crippen molar-refractivity contribution in [2.24, 2.45) is 0 Å². The molecule has 5 rings (SSSR count). The summed E-state index contributed by atoms with van der Waals surface area (Å²) in [5.41, 5.74) is 6.83. The van der Waals surface area contributed by atoms with Crippen molar-refractivity contribution in [3.05, 3.63) is 77.4 Å². The van der Waals surface area contributed by atoms with Crippen LogP contribution in [0, 0.1) is 0 Å². The lowest BCUT2D eigenvalue weighted by Crippen LogP contribution is -2.22. The molecule has 0 radical (unpaired) electrons. The number of anilines is 2. The summed E-state index contributed by atoms with van der Waals surface area (Å²) in [4.78, 5) is 14.9. The molecule has 3 nitrogen and oxygen atoms in total. The third-order valence-electron chi connectivity index (χ3n) is 5.79. The van der Waals surface area contributed by atoms with E-state index in [0.717, 1.165) is 28.9 Å². The van der Waals surface area contributed by atoms with Gasteiger partial charge >= 0.3 is 0 Å². The zero-order chi connectivity index (χ0) is 18.5. The highest BCUT2D eigenvalue weighted by Gasteiger charge is 2.36. The van der Waals surface area contributed by atoms with E-state index in [1.54, 1.807) is 0 Å². The normalized spacial score (nSPS) is 18.3. The van der Waals surface area contributed by atoms with Crippen LogP contribution in [0.5, 0.6) is 0 Å². The van der Waals surface area contributed by atoms with Crippen LogP contribution in [0.1, 0.15) is 30.0 Å². The van der Waals surface area contributed by atoms with E-state index in [-0.39, 0.29) is 11.8 Å². The molecule has 1 heterocycles. The molecule has 3 aromatic rings. The van der Waals surface area contributed by atoms with Crippen molar-refractivity contribution in [2.75, 3.05) is 24.3 Å². The molecule has 27 heavy (non-hydrogen) atoms. The first-order chi connectivity index (χ1) is 13.1. The number of Topliss-reactive ketones (excluding diaryl/α,β-unsaturated/α-hetero) is 1. The number of hydrogen-bond donors (Lipinski definition) is 1. The van der Waals surface area contributed by atoms with E-state index in [4.69, 9.17) is 0 Å². The summed E-state index contributed by atoms with van der Waals surface area (Å²) in [5, 5.41) is 6.11. The van der Waals surface area contributed by atoms with Gasteiger partial charge in [0.05, 0.1) is 6.04 Å². The Kier molecular flexibility index (Phi) is 3.57. The number of rotatable bonds is 2. The molecule has 3 aromatic carbocycles. The molecule has 1 N–H and O–H groups in total. The fourth-order valence-electron chi connectivity index (χ4n) is 4.43. The van der Waals surface area contributed by atoms with Gasteiger partial charge in [0.1, 0.15) is 0 Å². The first-order valence-electron chi connectivity index (χ1n) is 9.45. The molecule has 0 amide bonds. The Hall–Kier alpha value is -3.07. The Labute approximate surface area is 159 Å². The summed E-state index contributed by atoms with van der Waals surface area (Å²) >= 11 is 0. The number of ketones is 1. The molecule has 0 saturated carbocycles. The van der Waals surface area contributed by atoms with Gasteiger partial charge in [0.2, 0.25) is 0 Å². The first-order valence-corrected chi connectivity index (χ1v) is 9.45. The molecule has 1 aliphatic heterocycles. The van der Waals surface area contributed by atoms with Gasteiger partial charge in [-0.1, -0.05) is 42.5 Å². The van der Waals surface area contributed by atoms with Gasteiger partial charge in [0.15, 0.2) is 5.78 Å². The Bertz CT molecular complexity index is 1090. The maximum absolute atomic E-state index is 12.8. The van der Waals surface area contributed by atoms with Gasteiger partial charge in [-0.15, -0.1) is 0 Å². The molecule has 2 aliphatic rings. The summed E-state index contributed by atoms with van der Waals surface area (Å²) in [5.74, 6) is 0.276. The Morgan fingerprint density at radius 1 is 0.926 bits per heavy atom. The van der Waals surface area contributed by atoms with Crippen LogP contribution in [-0.2, 0) is 4.79 Å². The SMILES string of the molecule is CN(C)c1ccc([C@H]2Nc3ccc4ccccc4c3C3=C2C(=O)CC3)cc1. The molecule has 0 bridgehead atoms. The quantitative estimate of drug-likeness (QED) is 0.687. The number of hydrogen-bond acceptors (Lipinski definition) is 3. The molecule has 0 aromatic heterocycles. The van der Waals surface area contributed by atoms with Gasteiger partial charge in [-0.25, -0.2) is 0 Å². The molecule has 0 saturated heterocycles. The van der Waals surface area contributed by atoms with E-state index in [0.29, 0.717) is 6.42 Å². The number of carbonyl (C=O) groups is 1. The van der Waals surface area contributed by atoms with Crippen LogP contribution >= 0.6 is 0 Å². The third-order valence-corrected chi connectivity index (χ3v) is 5.79. The summed E-state index contributed by atoms with van der Waals surface area (Å²) < 4.78 is 0. The fourth-order valence-corrected chi connectivity index (χ4v) is 4.43. The predicted octanol–water partition coefficient (Wildman–Crippen LogP) is 5.19. The fraction of sp³-hybridized carbons (Fsp3) is 0.208. The topological polar surface area (TPSA) is 32.3 Å². The maximum atomic E-state index is 12.8. The van der Waals surface area contributed by atoms with Crippen molar-refractivity contribution in [2.45, 2.75) is 18.9 Å². The summed E-state index contributed by atoms with van der Waals surface area (Å²) in [6, 6.07) is 21.2. The van der Waals surface area contributed by atoms with Crippen molar-refractivity contribution in [3.8, 4) is 0 Å². The number of nitrogens with zero attached hydrogens (tertiary/aromatic N) is 1. The second-order valence-electron chi connectivity index (χ2n) is 7.59. The van der Waals surface area contributed by atoms with Gasteiger partial charge in [-0.3, -0.25) is 4.79 Å². The standard InChI is InChI=1S/C24H22N2O/c1-26(2)17-10-7-16(8-11-17)24-23-19(12-14-21(23)27)22-18-6-4-3-5-15(18)9-13-20(22)25-24/h3-11,13,24-25H,12,14H2,1-2H3/t24-/m1/s1. The van der Waals surface area contributed by atoms with E-state index in [9.17, 15) is 4.79 Å². The zero-order valence-electron chi connectivity index (χ0n) is 15.6. The van der Waals surface area contributed by atoms with E-state index >= 15 is 0 Å². The molecule has 134 valence electrons. The van der Waals surface area contributed by atoms with Crippen molar-refractivity contribution >= 4 is 33.5 Å². The van der Waals surface area contributed by atoms with Crippen molar-refractivity contribution in [1.82, 2.24) is 0 Å². The van der Waals surface area contributed by atoms with Crippen LogP contribution in [0.3, 0.4) is 0 Å². The zero-order valence-corrected chi connectivity index (χ0v) is 15.6. The smallest absolute Gasteiger partial charge is 0.161 e. The minimum Gasteiger partial charge on any atom is -0.378 e. The average Bonchev–Trinajstić information content (AvgIpc) is 3.09. The molecule has 3 heteroatoms. The van der Waals surface area contributed by atoms with E-state index in [1.165, 1.54) is 21.9 Å². The van der Waals surface area contributed by atoms with Crippen LogP contribution in [0.2, 0.25) is 0 Å². The van der Waals surface area contributed by atoms with Crippen LogP contribution in [0.4, 0.5) is 11.4 Å². The van der Waals surface area contributed by atoms with Crippen LogP contribution < -0.4 is 10.2 Å². The predicted molar refractivity (Wildman–Crippen MR) is 112 cm³/mol. The molecule has 1 aliphatic carbocycles. The summed E-state index contributed by atoms with van der Waals surface area (Å²) in [6.45, 7) is 0. The average molecular weight is 354 g/mol. The number of benzene rings is 3. The number of fused-ring (bicyclic) bond motifs is 4. The molecule has 1 atom stereocenters. The van der Waals surface area contributed by atoms with Crippen LogP contribution in [0.15, 0.2) is 66.2 Å². The van der Waals surface area contributed by atoms with Gasteiger partial charge in [0, 0.05) is 43.0 Å². The lowest BCUT2D eigenvalue weighted by Gasteiger charge is -2.30. The second kappa shape index (κ2) is 5.98. The third kappa shape index (κ3) is 2.46. The Morgan fingerprint density at radius 3 is 2.48 bits per heavy atom. The van der Waals surface area contributed by atoms with Crippen LogP contribution in [0.25, 0.3) is 16.3 Å². The van der Waals surface area contributed by atoms with Gasteiger partial charge < -0.3 is 10.2 Å². The van der Waals surface area contributed by atoms with Crippen molar-refractivity contribution in [3.63, 3.8) is 0 Å². The minimum atomic E-state index is -0.0696. The molecule has 0 spiro atoms. The summed E-state index contributed by atoms with van der Waals surface area (Å²) in [6.07, 6.45) is 1.45. The molecular formula is C24H22N2O. The number of nitrogens with one attached hydrogen (secondary N) is 1. The number of allylic oxidation sites excluding steroid dienone is 1. The molecule has 0 fully saturated rings. The highest BCUT2D eigenvalue weighted by atomic mass is 16.1. The first kappa shape index (κ1) is 16.1. The van der Waals surface area contributed by atoms with E-state index in [1.807, 2.05) is 14.1 Å². The number of carbonyl (C=O) groups excluding carboxylic acids is 1. The highest BCUT2D eigenvalue weighted by molar-refractivity contribution is 6.14. The minimum absolute atomic E-state index is 0.0696. The monoisotopic (exact) mass is 354 g/mol. The maximum Gasteiger partial charge on any atom is 0.161 e. The van der Waals surface area contributed by atoms with Crippen molar-refractivity contribution < 1.29 is 4.79 Å². The Balaban J connectivity index is 1.69.